The van der Waals surface area contributed by atoms with E-state index < -0.39 is 0 Å². The summed E-state index contributed by atoms with van der Waals surface area (Å²) in [6.45, 7) is 11.2. The van der Waals surface area contributed by atoms with Crippen LogP contribution >= 0.6 is 0 Å². The van der Waals surface area contributed by atoms with Gasteiger partial charge in [-0.25, -0.2) is 4.79 Å². The van der Waals surface area contributed by atoms with Gasteiger partial charge in [0.25, 0.3) is 0 Å². The minimum atomic E-state index is -0.0577. The van der Waals surface area contributed by atoms with E-state index in [4.69, 9.17) is 0 Å². The summed E-state index contributed by atoms with van der Waals surface area (Å²) in [4.78, 5) is 16.1. The van der Waals surface area contributed by atoms with Gasteiger partial charge in [-0.3, -0.25) is 0 Å². The maximum absolute atomic E-state index is 11.2. The predicted molar refractivity (Wildman–Crippen MR) is 70.2 cm³/mol. The Morgan fingerprint density at radius 1 is 1.24 bits per heavy atom. The summed E-state index contributed by atoms with van der Waals surface area (Å²) in [5, 5.41) is 5.63. The highest BCUT2D eigenvalue weighted by Crippen LogP contribution is 2.03. The summed E-state index contributed by atoms with van der Waals surface area (Å²) in [5.41, 5.74) is 0. The lowest BCUT2D eigenvalue weighted by Gasteiger charge is -2.33. The summed E-state index contributed by atoms with van der Waals surface area (Å²) >= 11 is 0. The Labute approximate surface area is 105 Å². The van der Waals surface area contributed by atoms with Crippen molar-refractivity contribution < 1.29 is 4.79 Å². The first kappa shape index (κ1) is 14.3. The minimum absolute atomic E-state index is 0.0577. The van der Waals surface area contributed by atoms with Gasteiger partial charge in [0.1, 0.15) is 0 Å². The average Bonchev–Trinajstić information content (AvgIpc) is 2.30. The van der Waals surface area contributed by atoms with Crippen molar-refractivity contribution in [2.75, 3.05) is 52.9 Å². The zero-order valence-electron chi connectivity index (χ0n) is 11.3. The minimum Gasteiger partial charge on any atom is -0.338 e. The highest BCUT2D eigenvalue weighted by molar-refractivity contribution is 5.73. The van der Waals surface area contributed by atoms with Gasteiger partial charge in [0.2, 0.25) is 0 Å². The summed E-state index contributed by atoms with van der Waals surface area (Å²) in [5.74, 6) is 0.501. The fourth-order valence-electron chi connectivity index (χ4n) is 2.03. The zero-order chi connectivity index (χ0) is 12.7. The van der Waals surface area contributed by atoms with Gasteiger partial charge in [-0.1, -0.05) is 6.92 Å². The van der Waals surface area contributed by atoms with Crippen LogP contribution in [-0.4, -0.2) is 68.7 Å². The van der Waals surface area contributed by atoms with Crippen molar-refractivity contribution in [1.29, 1.82) is 0 Å². The molecule has 1 heterocycles. The van der Waals surface area contributed by atoms with E-state index in [-0.39, 0.29) is 6.03 Å². The molecular formula is C12H26N4O. The number of hydrogen-bond acceptors (Lipinski definition) is 3. The molecule has 0 unspecified atom stereocenters. The smallest absolute Gasteiger partial charge is 0.314 e. The second-order valence-electron chi connectivity index (χ2n) is 4.95. The molecule has 100 valence electrons. The van der Waals surface area contributed by atoms with Crippen molar-refractivity contribution >= 4 is 6.03 Å². The molecule has 0 radical (unpaired) electrons. The van der Waals surface area contributed by atoms with Crippen LogP contribution < -0.4 is 10.6 Å². The Morgan fingerprint density at radius 3 is 2.47 bits per heavy atom. The van der Waals surface area contributed by atoms with Crippen LogP contribution in [0.2, 0.25) is 0 Å². The molecule has 2 amide bonds. The number of carbonyl (C=O) groups is 1. The van der Waals surface area contributed by atoms with Crippen LogP contribution in [0, 0.1) is 5.92 Å². The third-order valence-corrected chi connectivity index (χ3v) is 3.11. The van der Waals surface area contributed by atoms with Crippen LogP contribution in [0.1, 0.15) is 13.8 Å². The molecule has 0 aromatic heterocycles. The van der Waals surface area contributed by atoms with E-state index in [9.17, 15) is 4.79 Å². The van der Waals surface area contributed by atoms with Gasteiger partial charge in [0.05, 0.1) is 0 Å². The van der Waals surface area contributed by atoms with Crippen LogP contribution in [0.5, 0.6) is 0 Å². The van der Waals surface area contributed by atoms with E-state index >= 15 is 0 Å². The summed E-state index contributed by atoms with van der Waals surface area (Å²) < 4.78 is 0. The Bertz CT molecular complexity index is 227. The monoisotopic (exact) mass is 242 g/mol. The Kier molecular flexibility index (Phi) is 6.29. The van der Waals surface area contributed by atoms with Gasteiger partial charge in [0, 0.05) is 45.8 Å². The number of hydrogen-bond donors (Lipinski definition) is 2. The predicted octanol–water partition coefficient (Wildman–Crippen LogP) is 0.189. The highest BCUT2D eigenvalue weighted by Gasteiger charge is 2.16. The Hall–Kier alpha value is -0.810. The molecule has 5 heteroatoms. The highest BCUT2D eigenvalue weighted by atomic mass is 16.2. The lowest BCUT2D eigenvalue weighted by Crippen LogP contribution is -2.47. The van der Waals surface area contributed by atoms with Crippen molar-refractivity contribution in [3.8, 4) is 0 Å². The largest absolute Gasteiger partial charge is 0.338 e. The molecule has 1 aliphatic rings. The third-order valence-electron chi connectivity index (χ3n) is 3.11. The molecule has 0 aliphatic carbocycles. The number of nitrogens with one attached hydrogen (secondary N) is 2. The SMILES string of the molecule is CCNC(=O)NC[C@H](C)CN1CCN(C)CC1. The second kappa shape index (κ2) is 7.50. The van der Waals surface area contributed by atoms with Gasteiger partial charge >= 0.3 is 6.03 Å². The number of rotatable bonds is 5. The van der Waals surface area contributed by atoms with E-state index in [1.165, 1.54) is 0 Å². The zero-order valence-corrected chi connectivity index (χ0v) is 11.3. The lowest BCUT2D eigenvalue weighted by molar-refractivity contribution is 0.138. The molecule has 1 atom stereocenters. The van der Waals surface area contributed by atoms with Crippen LogP contribution in [0.15, 0.2) is 0 Å². The van der Waals surface area contributed by atoms with Gasteiger partial charge in [0.15, 0.2) is 0 Å². The molecule has 1 fully saturated rings. The van der Waals surface area contributed by atoms with Crippen LogP contribution in [0.3, 0.4) is 0 Å². The standard InChI is InChI=1S/C12H26N4O/c1-4-13-12(17)14-9-11(2)10-16-7-5-15(3)6-8-16/h11H,4-10H2,1-3H3,(H2,13,14,17)/t11-/m0/s1. The molecule has 5 nitrogen and oxygen atoms in total. The third kappa shape index (κ3) is 5.89. The van der Waals surface area contributed by atoms with Crippen molar-refractivity contribution in [3.63, 3.8) is 0 Å². The Balaban J connectivity index is 2.12. The fraction of sp³-hybridized carbons (Fsp3) is 0.917. The first-order valence-corrected chi connectivity index (χ1v) is 6.54. The molecule has 0 spiro atoms. The summed E-state index contributed by atoms with van der Waals surface area (Å²) in [6, 6.07) is -0.0577. The number of amides is 2. The van der Waals surface area contributed by atoms with E-state index in [0.717, 1.165) is 39.3 Å². The van der Waals surface area contributed by atoms with E-state index in [0.29, 0.717) is 12.5 Å². The topological polar surface area (TPSA) is 47.6 Å². The number of carbonyl (C=O) groups excluding carboxylic acids is 1. The molecule has 0 saturated carbocycles. The van der Waals surface area contributed by atoms with Crippen LogP contribution in [-0.2, 0) is 0 Å². The van der Waals surface area contributed by atoms with Gasteiger partial charge in [-0.05, 0) is 19.9 Å². The molecule has 1 saturated heterocycles. The summed E-state index contributed by atoms with van der Waals surface area (Å²) in [7, 11) is 2.16. The molecule has 2 N–H and O–H groups in total. The van der Waals surface area contributed by atoms with Crippen LogP contribution in [0.25, 0.3) is 0 Å². The van der Waals surface area contributed by atoms with Gasteiger partial charge < -0.3 is 20.4 Å². The van der Waals surface area contributed by atoms with E-state index in [1.54, 1.807) is 0 Å². The number of likely N-dealkylation sites (N-methyl/N-ethyl adjacent to an activating group) is 1. The Morgan fingerprint density at radius 2 is 1.88 bits per heavy atom. The van der Waals surface area contributed by atoms with Crippen molar-refractivity contribution in [2.24, 2.45) is 5.92 Å². The van der Waals surface area contributed by atoms with Crippen molar-refractivity contribution in [2.45, 2.75) is 13.8 Å². The second-order valence-corrected chi connectivity index (χ2v) is 4.95. The normalized spacial score (nSPS) is 19.9. The summed E-state index contributed by atoms with van der Waals surface area (Å²) in [6.07, 6.45) is 0. The number of nitrogens with zero attached hydrogens (tertiary/aromatic N) is 2. The molecule has 0 aromatic rings. The molecule has 0 bridgehead atoms. The van der Waals surface area contributed by atoms with Crippen molar-refractivity contribution in [3.05, 3.63) is 0 Å². The number of urea groups is 1. The average molecular weight is 242 g/mol. The quantitative estimate of drug-likeness (QED) is 0.723. The maximum atomic E-state index is 11.2. The lowest BCUT2D eigenvalue weighted by atomic mass is 10.1. The number of piperazine rings is 1. The molecule has 1 aliphatic heterocycles. The molecule has 17 heavy (non-hydrogen) atoms. The van der Waals surface area contributed by atoms with E-state index in [1.807, 2.05) is 6.92 Å². The first-order chi connectivity index (χ1) is 8.11. The molecular weight excluding hydrogens is 216 g/mol. The first-order valence-electron chi connectivity index (χ1n) is 6.54. The maximum Gasteiger partial charge on any atom is 0.314 e. The van der Waals surface area contributed by atoms with Crippen molar-refractivity contribution in [1.82, 2.24) is 20.4 Å². The van der Waals surface area contributed by atoms with Crippen LogP contribution in [0.4, 0.5) is 4.79 Å². The van der Waals surface area contributed by atoms with Gasteiger partial charge in [-0.15, -0.1) is 0 Å². The molecule has 0 aromatic carbocycles. The fourth-order valence-corrected chi connectivity index (χ4v) is 2.03. The molecule has 1 rings (SSSR count). The van der Waals surface area contributed by atoms with Gasteiger partial charge in [-0.2, -0.15) is 0 Å². The van der Waals surface area contributed by atoms with E-state index in [2.05, 4.69) is 34.4 Å².